The highest BCUT2D eigenvalue weighted by Gasteiger charge is 2.15. The lowest BCUT2D eigenvalue weighted by molar-refractivity contribution is 0.0527. The van der Waals surface area contributed by atoms with Crippen LogP contribution >= 0.6 is 0 Å². The van der Waals surface area contributed by atoms with Crippen molar-refractivity contribution >= 4 is 12.1 Å². The van der Waals surface area contributed by atoms with Crippen molar-refractivity contribution in [3.63, 3.8) is 0 Å². The molecule has 0 radical (unpaired) electrons. The van der Waals surface area contributed by atoms with E-state index in [4.69, 9.17) is 9.47 Å². The molecule has 0 saturated heterocycles. The van der Waals surface area contributed by atoms with E-state index in [0.717, 1.165) is 30.2 Å². The van der Waals surface area contributed by atoms with Crippen molar-refractivity contribution in [1.82, 2.24) is 15.5 Å². The van der Waals surface area contributed by atoms with Gasteiger partial charge in [-0.3, -0.25) is 4.99 Å². The highest BCUT2D eigenvalue weighted by Crippen LogP contribution is 2.18. The van der Waals surface area contributed by atoms with Crippen molar-refractivity contribution in [3.8, 4) is 5.75 Å². The Bertz CT molecular complexity index is 611. The summed E-state index contributed by atoms with van der Waals surface area (Å²) in [7, 11) is 3.67. The van der Waals surface area contributed by atoms with Crippen LogP contribution in [0.1, 0.15) is 39.7 Å². The van der Waals surface area contributed by atoms with Crippen LogP contribution in [-0.2, 0) is 11.3 Å². The van der Waals surface area contributed by atoms with Gasteiger partial charge in [-0.25, -0.2) is 4.79 Å². The first-order chi connectivity index (χ1) is 12.8. The van der Waals surface area contributed by atoms with Gasteiger partial charge in [-0.1, -0.05) is 18.2 Å². The molecule has 1 rings (SSSR count). The van der Waals surface area contributed by atoms with Gasteiger partial charge in [-0.05, 0) is 40.2 Å². The van der Waals surface area contributed by atoms with Gasteiger partial charge in [0.25, 0.3) is 0 Å². The van der Waals surface area contributed by atoms with Crippen LogP contribution in [-0.4, -0.2) is 56.3 Å². The molecule has 0 aliphatic heterocycles. The van der Waals surface area contributed by atoms with Gasteiger partial charge in [-0.15, -0.1) is 0 Å². The lowest BCUT2D eigenvalue weighted by Gasteiger charge is -2.23. The van der Waals surface area contributed by atoms with Gasteiger partial charge in [0.15, 0.2) is 5.96 Å². The van der Waals surface area contributed by atoms with E-state index in [1.165, 1.54) is 0 Å². The number of nitrogens with zero attached hydrogens (tertiary/aromatic N) is 2. The molecule has 1 amide bonds. The Hall–Kier alpha value is -2.44. The summed E-state index contributed by atoms with van der Waals surface area (Å²) in [5.74, 6) is 1.68. The first kappa shape index (κ1) is 22.6. The molecule has 0 atom stereocenters. The molecule has 0 unspecified atom stereocenters. The van der Waals surface area contributed by atoms with E-state index in [1.807, 2.05) is 59.0 Å². The number of nitrogens with one attached hydrogen (secondary N) is 2. The Balaban J connectivity index is 2.52. The summed E-state index contributed by atoms with van der Waals surface area (Å²) in [4.78, 5) is 18.3. The summed E-state index contributed by atoms with van der Waals surface area (Å²) in [6.07, 6.45) is 0.336. The number of guanidine groups is 1. The number of carbonyl (C=O) groups excluding carboxylic acids is 1. The highest BCUT2D eigenvalue weighted by atomic mass is 16.6. The van der Waals surface area contributed by atoms with E-state index in [-0.39, 0.29) is 0 Å². The Morgan fingerprint density at radius 3 is 2.56 bits per heavy atom. The standard InChI is InChI=1S/C20H34N4O3/c1-7-21-18(22-13-10-14-23-19(25)27-20(2,3)4)24(5)15-16-11-8-9-12-17(16)26-6/h8-9,11-12H,7,10,13-15H2,1-6H3,(H,21,22)(H,23,25). The maximum atomic E-state index is 11.6. The van der Waals surface area contributed by atoms with Crippen LogP contribution in [0.5, 0.6) is 5.75 Å². The monoisotopic (exact) mass is 378 g/mol. The predicted octanol–water partition coefficient (Wildman–Crippen LogP) is 3.01. The summed E-state index contributed by atoms with van der Waals surface area (Å²) in [6, 6.07) is 7.95. The number of aliphatic imine (C=N–C) groups is 1. The normalized spacial score (nSPS) is 11.7. The van der Waals surface area contributed by atoms with E-state index in [0.29, 0.717) is 19.6 Å². The Kier molecular flexibility index (Phi) is 9.47. The van der Waals surface area contributed by atoms with Gasteiger partial charge in [0.2, 0.25) is 0 Å². The average molecular weight is 379 g/mol. The number of hydrogen-bond donors (Lipinski definition) is 2. The van der Waals surface area contributed by atoms with Crippen LogP contribution in [0.3, 0.4) is 0 Å². The van der Waals surface area contributed by atoms with Gasteiger partial charge < -0.3 is 25.0 Å². The van der Waals surface area contributed by atoms with Crippen molar-refractivity contribution in [3.05, 3.63) is 29.8 Å². The molecule has 0 aromatic heterocycles. The third kappa shape index (κ3) is 9.17. The Labute approximate surface area is 163 Å². The van der Waals surface area contributed by atoms with Crippen LogP contribution in [0.25, 0.3) is 0 Å². The lowest BCUT2D eigenvalue weighted by atomic mass is 10.2. The smallest absolute Gasteiger partial charge is 0.407 e. The highest BCUT2D eigenvalue weighted by molar-refractivity contribution is 5.79. The number of ether oxygens (including phenoxy) is 2. The number of hydrogen-bond acceptors (Lipinski definition) is 4. The molecule has 152 valence electrons. The Morgan fingerprint density at radius 1 is 1.22 bits per heavy atom. The molecule has 0 saturated carbocycles. The summed E-state index contributed by atoms with van der Waals surface area (Å²) in [6.45, 7) is 10.2. The number of carbonyl (C=O) groups is 1. The summed E-state index contributed by atoms with van der Waals surface area (Å²) in [5, 5.41) is 6.04. The molecule has 7 heteroatoms. The maximum absolute atomic E-state index is 11.6. The fourth-order valence-electron chi connectivity index (χ4n) is 2.40. The molecule has 7 nitrogen and oxygen atoms in total. The fraction of sp³-hybridized carbons (Fsp3) is 0.600. The second kappa shape index (κ2) is 11.3. The number of benzene rings is 1. The third-order valence-electron chi connectivity index (χ3n) is 3.56. The molecule has 0 heterocycles. The van der Waals surface area contributed by atoms with Gasteiger partial charge in [0.05, 0.1) is 7.11 Å². The second-order valence-electron chi connectivity index (χ2n) is 7.19. The molecule has 1 aromatic rings. The molecule has 27 heavy (non-hydrogen) atoms. The number of alkyl carbamates (subject to hydrolysis) is 1. The van der Waals surface area contributed by atoms with Crippen molar-refractivity contribution < 1.29 is 14.3 Å². The van der Waals surface area contributed by atoms with Crippen LogP contribution in [0.2, 0.25) is 0 Å². The molecule has 2 N–H and O–H groups in total. The molecular weight excluding hydrogens is 344 g/mol. The number of para-hydroxylation sites is 1. The van der Waals surface area contributed by atoms with Crippen molar-refractivity contribution in [2.45, 2.75) is 46.3 Å². The average Bonchev–Trinajstić information content (AvgIpc) is 2.59. The second-order valence-corrected chi connectivity index (χ2v) is 7.19. The molecular formula is C20H34N4O3. The number of amides is 1. The van der Waals surface area contributed by atoms with Crippen molar-refractivity contribution in [2.24, 2.45) is 4.99 Å². The zero-order valence-electron chi connectivity index (χ0n) is 17.5. The van der Waals surface area contributed by atoms with Crippen LogP contribution in [0.15, 0.2) is 29.3 Å². The molecule has 1 aromatic carbocycles. The molecule has 0 aliphatic rings. The van der Waals surface area contributed by atoms with Crippen LogP contribution in [0, 0.1) is 0 Å². The molecule has 0 spiro atoms. The van der Waals surface area contributed by atoms with Crippen molar-refractivity contribution in [1.29, 1.82) is 0 Å². The van der Waals surface area contributed by atoms with Gasteiger partial charge >= 0.3 is 6.09 Å². The lowest BCUT2D eigenvalue weighted by Crippen LogP contribution is -2.38. The van der Waals surface area contributed by atoms with Crippen LogP contribution < -0.4 is 15.4 Å². The van der Waals surface area contributed by atoms with E-state index in [9.17, 15) is 4.79 Å². The molecule has 0 aliphatic carbocycles. The van der Waals surface area contributed by atoms with E-state index >= 15 is 0 Å². The first-order valence-corrected chi connectivity index (χ1v) is 9.35. The molecule has 0 fully saturated rings. The van der Waals surface area contributed by atoms with E-state index in [1.54, 1.807) is 7.11 Å². The van der Waals surface area contributed by atoms with E-state index in [2.05, 4.69) is 20.5 Å². The topological polar surface area (TPSA) is 75.2 Å². The maximum Gasteiger partial charge on any atom is 0.407 e. The zero-order valence-corrected chi connectivity index (χ0v) is 17.5. The number of rotatable bonds is 8. The number of methoxy groups -OCH3 is 1. The summed E-state index contributed by atoms with van der Waals surface area (Å²) < 4.78 is 10.6. The third-order valence-corrected chi connectivity index (χ3v) is 3.56. The fourth-order valence-corrected chi connectivity index (χ4v) is 2.40. The van der Waals surface area contributed by atoms with Gasteiger partial charge in [-0.2, -0.15) is 0 Å². The largest absolute Gasteiger partial charge is 0.496 e. The minimum Gasteiger partial charge on any atom is -0.496 e. The summed E-state index contributed by atoms with van der Waals surface area (Å²) >= 11 is 0. The first-order valence-electron chi connectivity index (χ1n) is 9.35. The van der Waals surface area contributed by atoms with E-state index < -0.39 is 11.7 Å². The quantitative estimate of drug-likeness (QED) is 0.413. The zero-order chi connectivity index (χ0) is 20.3. The predicted molar refractivity (Wildman–Crippen MR) is 109 cm³/mol. The van der Waals surface area contributed by atoms with Crippen molar-refractivity contribution in [2.75, 3.05) is 33.8 Å². The van der Waals surface area contributed by atoms with Gasteiger partial charge in [0, 0.05) is 38.8 Å². The minimum absolute atomic E-state index is 0.397. The SMILES string of the molecule is CCNC(=NCCCNC(=O)OC(C)(C)C)N(C)Cc1ccccc1OC. The molecule has 0 bridgehead atoms. The minimum atomic E-state index is -0.484. The Morgan fingerprint density at radius 2 is 1.93 bits per heavy atom. The summed E-state index contributed by atoms with van der Waals surface area (Å²) in [5.41, 5.74) is 0.612. The van der Waals surface area contributed by atoms with Gasteiger partial charge in [0.1, 0.15) is 11.4 Å². The van der Waals surface area contributed by atoms with Crippen LogP contribution in [0.4, 0.5) is 4.79 Å².